The molecule has 0 bridgehead atoms. The van der Waals surface area contributed by atoms with E-state index in [0.717, 1.165) is 109 Å². The van der Waals surface area contributed by atoms with E-state index in [1.165, 1.54) is 89.9 Å². The molecule has 0 rings (SSSR count). The molecule has 9 heteroatoms. The van der Waals surface area contributed by atoms with Gasteiger partial charge < -0.3 is 28.8 Å². The summed E-state index contributed by atoms with van der Waals surface area (Å²) < 4.78 is 23.3. The van der Waals surface area contributed by atoms with Gasteiger partial charge in [0.15, 0.2) is 0 Å². The lowest BCUT2D eigenvalue weighted by Gasteiger charge is -2.29. The van der Waals surface area contributed by atoms with E-state index in [4.69, 9.17) is 9.05 Å². The molecule has 0 saturated carbocycles. The Bertz CT molecular complexity index is 1660. The fourth-order valence-electron chi connectivity index (χ4n) is 7.73. The Kier molecular flexibility index (Phi) is 52.0. The smallest absolute Gasteiger partial charge is 0.268 e. The van der Waals surface area contributed by atoms with Crippen molar-refractivity contribution in [2.45, 2.75) is 231 Å². The van der Waals surface area contributed by atoms with E-state index in [-0.39, 0.29) is 12.5 Å². The number of hydrogen-bond acceptors (Lipinski definition) is 6. The zero-order chi connectivity index (χ0) is 54.2. The monoisotopic (exact) mass is 1050 g/mol. The van der Waals surface area contributed by atoms with Gasteiger partial charge in [-0.15, -0.1) is 0 Å². The van der Waals surface area contributed by atoms with Gasteiger partial charge >= 0.3 is 0 Å². The van der Waals surface area contributed by atoms with Crippen LogP contribution in [0.15, 0.2) is 134 Å². The number of hydrogen-bond donors (Lipinski definition) is 2. The molecule has 3 unspecified atom stereocenters. The summed E-state index contributed by atoms with van der Waals surface area (Å²) in [6, 6.07) is -0.922. The number of unbranched alkanes of at least 4 members (excludes halogenated alkanes) is 19. The van der Waals surface area contributed by atoms with E-state index in [9.17, 15) is 19.4 Å². The minimum absolute atomic E-state index is 0.0164. The summed E-state index contributed by atoms with van der Waals surface area (Å²) in [6.45, 7) is 4.48. The Hall–Kier alpha value is -3.36. The van der Waals surface area contributed by atoms with Crippen LogP contribution >= 0.6 is 7.82 Å². The summed E-state index contributed by atoms with van der Waals surface area (Å²) in [6.07, 6.45) is 82.4. The molecule has 74 heavy (non-hydrogen) atoms. The van der Waals surface area contributed by atoms with Gasteiger partial charge in [-0.05, 0) is 109 Å². The zero-order valence-corrected chi connectivity index (χ0v) is 48.9. The van der Waals surface area contributed by atoms with Crippen LogP contribution in [0.4, 0.5) is 0 Å². The zero-order valence-electron chi connectivity index (χ0n) is 48.0. The predicted molar refractivity (Wildman–Crippen MR) is 320 cm³/mol. The van der Waals surface area contributed by atoms with E-state index in [0.29, 0.717) is 17.4 Å². The third-order valence-corrected chi connectivity index (χ3v) is 13.3. The Morgan fingerprint density at radius 1 is 0.486 bits per heavy atom. The van der Waals surface area contributed by atoms with Crippen molar-refractivity contribution < 1.29 is 32.9 Å². The predicted octanol–water partition coefficient (Wildman–Crippen LogP) is 17.7. The molecule has 422 valence electrons. The molecule has 0 aromatic heterocycles. The van der Waals surface area contributed by atoms with Crippen LogP contribution in [0.3, 0.4) is 0 Å². The number of likely N-dealkylation sites (N-methyl/N-ethyl adjacent to an activating group) is 1. The van der Waals surface area contributed by atoms with Crippen molar-refractivity contribution in [3.63, 3.8) is 0 Å². The number of aliphatic hydroxyl groups excluding tert-OH is 1. The molecule has 0 aromatic carbocycles. The second-order valence-electron chi connectivity index (χ2n) is 20.6. The second-order valence-corrected chi connectivity index (χ2v) is 22.0. The van der Waals surface area contributed by atoms with Gasteiger partial charge in [-0.3, -0.25) is 9.36 Å². The molecule has 0 aliphatic carbocycles. The lowest BCUT2D eigenvalue weighted by molar-refractivity contribution is -0.870. The summed E-state index contributed by atoms with van der Waals surface area (Å²) >= 11 is 0. The molecule has 2 N–H and O–H groups in total. The summed E-state index contributed by atoms with van der Waals surface area (Å²) in [5.41, 5.74) is 0. The van der Waals surface area contributed by atoms with Crippen LogP contribution in [0.1, 0.15) is 219 Å². The first-order valence-electron chi connectivity index (χ1n) is 29.5. The molecule has 0 spiro atoms. The number of nitrogens with one attached hydrogen (secondary N) is 1. The maximum absolute atomic E-state index is 13.0. The number of phosphoric ester groups is 1. The van der Waals surface area contributed by atoms with E-state index in [2.05, 4.69) is 141 Å². The summed E-state index contributed by atoms with van der Waals surface area (Å²) in [4.78, 5) is 25.5. The van der Waals surface area contributed by atoms with E-state index in [1.54, 1.807) is 6.08 Å². The molecular weight excluding hydrogens is 936 g/mol. The highest BCUT2D eigenvalue weighted by molar-refractivity contribution is 7.45. The molecular formula is C65H111N2O6P. The van der Waals surface area contributed by atoms with Crippen LogP contribution in [0.2, 0.25) is 0 Å². The Balaban J connectivity index is 4.22. The molecule has 0 radical (unpaired) electrons. The van der Waals surface area contributed by atoms with E-state index in [1.807, 2.05) is 27.2 Å². The standard InChI is InChI=1S/C65H111N2O6P/c1-6-8-10-12-14-16-18-20-22-24-25-26-27-28-29-30-31-32-33-34-35-36-37-38-39-40-41-43-45-47-49-51-53-55-57-59-65(69)66-63(62-73-74(70,71)72-61-60-67(3,4)5)64(68)58-56-54-52-50-48-46-44-42-23-21-19-17-15-13-11-9-7-2/h8,10,14,16,20,22-23,25-26,28-29,31-32,34-35,37-38,42,48,50,56,58,63-64,68H,6-7,9,11-13,15,17-19,21,24,27,30,33,36,39-41,43-47,49,51-55,57,59-62H2,1-5H3,(H-,66,69,70,71)/b10-8-,16-14-,22-20-,26-25-,29-28-,32-31-,35-34-,38-37-,42-23+,50-48+,58-56+. The van der Waals surface area contributed by atoms with Gasteiger partial charge in [0.1, 0.15) is 13.2 Å². The highest BCUT2D eigenvalue weighted by Gasteiger charge is 2.23. The molecule has 1 amide bonds. The van der Waals surface area contributed by atoms with Crippen molar-refractivity contribution in [2.75, 3.05) is 40.9 Å². The highest BCUT2D eigenvalue weighted by atomic mass is 31.2. The number of rotatable bonds is 52. The van der Waals surface area contributed by atoms with E-state index >= 15 is 0 Å². The van der Waals surface area contributed by atoms with Gasteiger partial charge in [0.25, 0.3) is 7.82 Å². The molecule has 0 aromatic rings. The van der Waals surface area contributed by atoms with Gasteiger partial charge in [0, 0.05) is 6.42 Å². The SMILES string of the molecule is CC/C=C\C/C=C\C/C=C\C/C=C\C/C=C\C/C=C\C/C=C\C/C=C\CCCCCCCCCCCCC(=O)NC(COP(=O)([O-])OCC[N+](C)(C)C)C(O)/C=C/CC/C=C/CC/C=C/CCCCCCCCC. The van der Waals surface area contributed by atoms with Crippen LogP contribution in [0.25, 0.3) is 0 Å². The van der Waals surface area contributed by atoms with Crippen LogP contribution < -0.4 is 10.2 Å². The minimum Gasteiger partial charge on any atom is -0.756 e. The third kappa shape index (κ3) is 56.4. The number of nitrogens with zero attached hydrogens (tertiary/aromatic N) is 1. The van der Waals surface area contributed by atoms with Crippen molar-refractivity contribution in [1.29, 1.82) is 0 Å². The minimum atomic E-state index is -4.62. The molecule has 0 saturated heterocycles. The average molecular weight is 1050 g/mol. The van der Waals surface area contributed by atoms with Crippen LogP contribution in [0, 0.1) is 0 Å². The van der Waals surface area contributed by atoms with Crippen molar-refractivity contribution in [2.24, 2.45) is 0 Å². The van der Waals surface area contributed by atoms with Crippen LogP contribution in [-0.2, 0) is 18.4 Å². The second kappa shape index (κ2) is 54.4. The lowest BCUT2D eigenvalue weighted by atomic mass is 10.0. The number of allylic oxidation sites excluding steroid dienone is 21. The number of aliphatic hydroxyl groups is 1. The first kappa shape index (κ1) is 70.6. The van der Waals surface area contributed by atoms with Crippen molar-refractivity contribution in [3.8, 4) is 0 Å². The fourth-order valence-corrected chi connectivity index (χ4v) is 8.45. The van der Waals surface area contributed by atoms with Gasteiger partial charge in [0.05, 0.1) is 39.9 Å². The maximum atomic E-state index is 13.0. The van der Waals surface area contributed by atoms with Crippen LogP contribution in [-0.4, -0.2) is 68.5 Å². The molecule has 0 aliphatic rings. The first-order chi connectivity index (χ1) is 36.0. The normalized spacial score (nSPS) is 14.9. The Morgan fingerprint density at radius 2 is 0.838 bits per heavy atom. The van der Waals surface area contributed by atoms with Gasteiger partial charge in [0.2, 0.25) is 5.91 Å². The highest BCUT2D eigenvalue weighted by Crippen LogP contribution is 2.38. The van der Waals surface area contributed by atoms with Crippen molar-refractivity contribution in [1.82, 2.24) is 5.32 Å². The summed E-state index contributed by atoms with van der Waals surface area (Å²) in [5, 5.41) is 13.8. The fraction of sp³-hybridized carbons (Fsp3) is 0.646. The molecule has 3 atom stereocenters. The average Bonchev–Trinajstić information content (AvgIpc) is 3.36. The quantitative estimate of drug-likeness (QED) is 0.0272. The van der Waals surface area contributed by atoms with Gasteiger partial charge in [-0.2, -0.15) is 0 Å². The summed E-state index contributed by atoms with van der Waals surface area (Å²) in [5.74, 6) is -0.222. The number of quaternary nitrogens is 1. The van der Waals surface area contributed by atoms with Crippen molar-refractivity contribution >= 4 is 13.7 Å². The topological polar surface area (TPSA) is 108 Å². The number of phosphoric acid groups is 1. The Morgan fingerprint density at radius 3 is 1.26 bits per heavy atom. The number of carbonyl (C=O) groups is 1. The van der Waals surface area contributed by atoms with Gasteiger partial charge in [-0.25, -0.2) is 0 Å². The number of carbonyl (C=O) groups excluding carboxylic acids is 1. The number of amides is 1. The molecule has 8 nitrogen and oxygen atoms in total. The maximum Gasteiger partial charge on any atom is 0.268 e. The van der Waals surface area contributed by atoms with Crippen LogP contribution in [0.5, 0.6) is 0 Å². The van der Waals surface area contributed by atoms with E-state index < -0.39 is 26.6 Å². The lowest BCUT2D eigenvalue weighted by Crippen LogP contribution is -2.45. The molecule has 0 heterocycles. The van der Waals surface area contributed by atoms with Gasteiger partial charge in [-0.1, -0.05) is 237 Å². The molecule has 0 aliphatic heterocycles. The van der Waals surface area contributed by atoms with Crippen molar-refractivity contribution in [3.05, 3.63) is 134 Å². The molecule has 0 fully saturated rings. The summed E-state index contributed by atoms with van der Waals surface area (Å²) in [7, 11) is 1.21. The first-order valence-corrected chi connectivity index (χ1v) is 31.0. The largest absolute Gasteiger partial charge is 0.756 e. The Labute approximate surface area is 456 Å². The third-order valence-electron chi connectivity index (χ3n) is 12.3.